The van der Waals surface area contributed by atoms with E-state index in [9.17, 15) is 0 Å². The minimum absolute atomic E-state index is 0.314. The number of benzene rings is 1. The van der Waals surface area contributed by atoms with Gasteiger partial charge in [-0.15, -0.1) is 0 Å². The van der Waals surface area contributed by atoms with E-state index in [4.69, 9.17) is 9.72 Å². The van der Waals surface area contributed by atoms with Crippen molar-refractivity contribution in [2.24, 2.45) is 0 Å². The van der Waals surface area contributed by atoms with Crippen LogP contribution in [0.1, 0.15) is 31.3 Å². The number of pyridine rings is 1. The highest BCUT2D eigenvalue weighted by molar-refractivity contribution is 5.71. The number of rotatable bonds is 4. The molecule has 0 amide bonds. The lowest BCUT2D eigenvalue weighted by Crippen LogP contribution is -2.08. The molecule has 4 heteroatoms. The fourth-order valence-corrected chi connectivity index (χ4v) is 2.66. The number of imidazole rings is 1. The van der Waals surface area contributed by atoms with Crippen molar-refractivity contribution >= 4 is 11.2 Å². The highest BCUT2D eigenvalue weighted by atomic mass is 16.5. The summed E-state index contributed by atoms with van der Waals surface area (Å²) in [5.41, 5.74) is 3.02. The fraction of sp³-hybridized carbons (Fsp3) is 0.294. The lowest BCUT2D eigenvalue weighted by Gasteiger charge is -2.13. The molecule has 108 valence electrons. The highest BCUT2D eigenvalue weighted by Gasteiger charge is 2.15. The molecule has 2 heterocycles. The Kier molecular flexibility index (Phi) is 3.60. The maximum absolute atomic E-state index is 5.44. The van der Waals surface area contributed by atoms with Gasteiger partial charge in [0, 0.05) is 24.2 Å². The number of hydrogen-bond acceptors (Lipinski definition) is 3. The van der Waals surface area contributed by atoms with Crippen LogP contribution in [0, 0.1) is 0 Å². The van der Waals surface area contributed by atoms with Crippen molar-refractivity contribution in [2.75, 3.05) is 7.11 Å². The highest BCUT2D eigenvalue weighted by Crippen LogP contribution is 2.25. The quantitative estimate of drug-likeness (QED) is 0.733. The Hall–Kier alpha value is -2.36. The third-order valence-corrected chi connectivity index (χ3v) is 3.58. The molecule has 0 saturated heterocycles. The van der Waals surface area contributed by atoms with Gasteiger partial charge in [-0.1, -0.05) is 18.2 Å². The molecule has 0 fully saturated rings. The van der Waals surface area contributed by atoms with Gasteiger partial charge >= 0.3 is 0 Å². The number of fused-ring (bicyclic) bond motifs is 1. The maximum atomic E-state index is 5.44. The van der Waals surface area contributed by atoms with Crippen LogP contribution in [-0.2, 0) is 6.42 Å². The normalized spacial score (nSPS) is 11.2. The summed E-state index contributed by atoms with van der Waals surface area (Å²) in [6, 6.07) is 12.3. The fourth-order valence-electron chi connectivity index (χ4n) is 2.66. The molecule has 0 aliphatic carbocycles. The van der Waals surface area contributed by atoms with Gasteiger partial charge in [-0.2, -0.15) is 0 Å². The minimum atomic E-state index is 0.314. The average molecular weight is 281 g/mol. The van der Waals surface area contributed by atoms with Gasteiger partial charge in [0.2, 0.25) is 0 Å². The van der Waals surface area contributed by atoms with Crippen LogP contribution in [0.4, 0.5) is 0 Å². The summed E-state index contributed by atoms with van der Waals surface area (Å²) in [7, 11) is 1.70. The number of para-hydroxylation sites is 1. The third-order valence-electron chi connectivity index (χ3n) is 3.58. The minimum Gasteiger partial charge on any atom is -0.496 e. The Morgan fingerprint density at radius 2 is 1.95 bits per heavy atom. The average Bonchev–Trinajstić information content (AvgIpc) is 2.85. The van der Waals surface area contributed by atoms with Crippen molar-refractivity contribution in [3.63, 3.8) is 0 Å². The molecule has 0 unspecified atom stereocenters. The maximum Gasteiger partial charge on any atom is 0.160 e. The molecule has 0 N–H and O–H groups in total. The summed E-state index contributed by atoms with van der Waals surface area (Å²) in [4.78, 5) is 9.23. The summed E-state index contributed by atoms with van der Waals surface area (Å²) in [5, 5.41) is 0. The topological polar surface area (TPSA) is 39.9 Å². The van der Waals surface area contributed by atoms with Crippen molar-refractivity contribution in [2.45, 2.75) is 26.3 Å². The molecule has 1 aromatic carbocycles. The van der Waals surface area contributed by atoms with E-state index in [0.29, 0.717) is 6.04 Å². The summed E-state index contributed by atoms with van der Waals surface area (Å²) in [5.74, 6) is 1.91. The van der Waals surface area contributed by atoms with Gasteiger partial charge in [-0.3, -0.25) is 0 Å². The number of aromatic nitrogens is 3. The van der Waals surface area contributed by atoms with Crippen LogP contribution >= 0.6 is 0 Å². The molecule has 21 heavy (non-hydrogen) atoms. The molecule has 0 radical (unpaired) electrons. The number of methoxy groups -OCH3 is 1. The van der Waals surface area contributed by atoms with Gasteiger partial charge < -0.3 is 9.30 Å². The van der Waals surface area contributed by atoms with Crippen LogP contribution in [-0.4, -0.2) is 21.6 Å². The molecule has 4 nitrogen and oxygen atoms in total. The number of hydrogen-bond donors (Lipinski definition) is 0. The molecule has 3 rings (SSSR count). The smallest absolute Gasteiger partial charge is 0.160 e. The van der Waals surface area contributed by atoms with Crippen molar-refractivity contribution in [3.8, 4) is 5.75 Å². The summed E-state index contributed by atoms with van der Waals surface area (Å²) >= 11 is 0. The summed E-state index contributed by atoms with van der Waals surface area (Å²) < 4.78 is 7.64. The van der Waals surface area contributed by atoms with E-state index >= 15 is 0 Å². The first-order valence-corrected chi connectivity index (χ1v) is 7.14. The van der Waals surface area contributed by atoms with Crippen molar-refractivity contribution in [1.82, 2.24) is 14.5 Å². The lowest BCUT2D eigenvalue weighted by atomic mass is 10.1. The van der Waals surface area contributed by atoms with E-state index in [1.54, 1.807) is 7.11 Å². The lowest BCUT2D eigenvalue weighted by molar-refractivity contribution is 0.410. The summed E-state index contributed by atoms with van der Waals surface area (Å²) in [6.45, 7) is 4.31. The van der Waals surface area contributed by atoms with E-state index in [1.807, 2.05) is 36.5 Å². The molecule has 0 spiro atoms. The van der Waals surface area contributed by atoms with Crippen LogP contribution in [0.5, 0.6) is 5.75 Å². The molecule has 3 aromatic rings. The molecule has 0 atom stereocenters. The monoisotopic (exact) mass is 281 g/mol. The molecular formula is C17H19N3O. The van der Waals surface area contributed by atoms with Gasteiger partial charge in [0.05, 0.1) is 7.11 Å². The SMILES string of the molecule is COc1ccccc1Cc1nc2cccnc2n1C(C)C. The second-order valence-corrected chi connectivity index (χ2v) is 5.33. The largest absolute Gasteiger partial charge is 0.496 e. The summed E-state index contributed by atoms with van der Waals surface area (Å²) in [6.07, 6.45) is 2.55. The predicted molar refractivity (Wildman–Crippen MR) is 83.7 cm³/mol. The Morgan fingerprint density at radius 1 is 1.14 bits per heavy atom. The van der Waals surface area contributed by atoms with Gasteiger partial charge in [0.25, 0.3) is 0 Å². The van der Waals surface area contributed by atoms with E-state index < -0.39 is 0 Å². The Morgan fingerprint density at radius 3 is 2.71 bits per heavy atom. The van der Waals surface area contributed by atoms with Crippen LogP contribution in [0.3, 0.4) is 0 Å². The van der Waals surface area contributed by atoms with Crippen LogP contribution < -0.4 is 4.74 Å². The molecule has 0 bridgehead atoms. The Labute approximate surface area is 124 Å². The second-order valence-electron chi connectivity index (χ2n) is 5.33. The molecule has 0 saturated carbocycles. The molecule has 2 aromatic heterocycles. The second kappa shape index (κ2) is 5.56. The van der Waals surface area contributed by atoms with Crippen molar-refractivity contribution < 1.29 is 4.74 Å². The number of ether oxygens (including phenoxy) is 1. The van der Waals surface area contributed by atoms with Crippen molar-refractivity contribution in [1.29, 1.82) is 0 Å². The Balaban J connectivity index is 2.10. The van der Waals surface area contributed by atoms with Gasteiger partial charge in [0.15, 0.2) is 5.65 Å². The van der Waals surface area contributed by atoms with Crippen LogP contribution in [0.25, 0.3) is 11.2 Å². The van der Waals surface area contributed by atoms with Gasteiger partial charge in [-0.05, 0) is 32.0 Å². The zero-order valence-electron chi connectivity index (χ0n) is 12.6. The molecule has 0 aliphatic heterocycles. The zero-order chi connectivity index (χ0) is 14.8. The van der Waals surface area contributed by atoms with E-state index in [0.717, 1.165) is 34.7 Å². The predicted octanol–water partition coefficient (Wildman–Crippen LogP) is 3.61. The van der Waals surface area contributed by atoms with E-state index in [1.165, 1.54) is 0 Å². The van der Waals surface area contributed by atoms with Gasteiger partial charge in [-0.25, -0.2) is 9.97 Å². The standard InChI is InChI=1S/C17H19N3O/c1-12(2)20-16(19-14-8-6-10-18-17(14)20)11-13-7-4-5-9-15(13)21-3/h4-10,12H,11H2,1-3H3. The molecule has 0 aliphatic rings. The van der Waals surface area contributed by atoms with E-state index in [-0.39, 0.29) is 0 Å². The third kappa shape index (κ3) is 2.49. The first-order valence-electron chi connectivity index (χ1n) is 7.14. The zero-order valence-corrected chi connectivity index (χ0v) is 12.6. The van der Waals surface area contributed by atoms with Crippen molar-refractivity contribution in [3.05, 3.63) is 54.0 Å². The first kappa shape index (κ1) is 13.6. The molecular weight excluding hydrogens is 262 g/mol. The number of nitrogens with zero attached hydrogens (tertiary/aromatic N) is 3. The van der Waals surface area contributed by atoms with Crippen LogP contribution in [0.15, 0.2) is 42.6 Å². The van der Waals surface area contributed by atoms with Gasteiger partial charge in [0.1, 0.15) is 17.1 Å². The first-order chi connectivity index (χ1) is 10.2. The Bertz CT molecular complexity index is 762. The van der Waals surface area contributed by atoms with Crippen LogP contribution in [0.2, 0.25) is 0 Å². The van der Waals surface area contributed by atoms with E-state index in [2.05, 4.69) is 29.5 Å².